The summed E-state index contributed by atoms with van der Waals surface area (Å²) in [6.45, 7) is 0.127. The number of hydrogen-bond acceptors (Lipinski definition) is 1. The van der Waals surface area contributed by atoms with E-state index in [9.17, 15) is 115 Å². The van der Waals surface area contributed by atoms with Crippen LogP contribution in [0.5, 0.6) is 0 Å². The van der Waals surface area contributed by atoms with Crippen molar-refractivity contribution in [3.8, 4) is 0 Å². The Bertz CT molecular complexity index is 2870. The molecule has 7 aromatic rings. The van der Waals surface area contributed by atoms with Crippen molar-refractivity contribution in [3.05, 3.63) is 196 Å². The second-order valence-electron chi connectivity index (χ2n) is 16.9. The number of carbonyl (C=O) groups excluding carboxylic acids is 1. The van der Waals surface area contributed by atoms with Crippen molar-refractivity contribution in [1.29, 1.82) is 0 Å². The zero-order valence-corrected chi connectivity index (χ0v) is 37.4. The SMILES string of the molecule is FC(F)(F)c1cc([B-](c2cc(C(F)(F)F)cc(C(F)(F)F)c2)(c2cc(C(F)(F)F)cc(C(F)(F)F)c2)c2cc(C(F)(F)F)cc(C(F)(F)F)c2)cc(C(F)(F)F)c1.O=C(C[n+]1cc(F)cc2ccccc21)c1ccccc1. The zero-order chi connectivity index (χ0) is 57.9. The average Bonchev–Trinajstić information content (AvgIpc) is 3.29. The molecule has 0 saturated heterocycles. The normalized spacial score (nSPS) is 13.4. The van der Waals surface area contributed by atoms with E-state index in [-0.39, 0.29) is 18.1 Å². The van der Waals surface area contributed by atoms with Crippen LogP contribution in [0, 0.1) is 5.82 Å². The van der Waals surface area contributed by atoms with Gasteiger partial charge in [-0.3, -0.25) is 4.79 Å². The van der Waals surface area contributed by atoms with E-state index in [1.54, 1.807) is 16.7 Å². The van der Waals surface area contributed by atoms with Crippen molar-refractivity contribution in [2.24, 2.45) is 0 Å². The topological polar surface area (TPSA) is 20.9 Å². The molecule has 0 N–H and O–H groups in total. The van der Waals surface area contributed by atoms with Crippen LogP contribution in [-0.4, -0.2) is 11.9 Å². The maximum Gasteiger partial charge on any atom is 0.416 e. The Morgan fingerprint density at radius 3 is 0.883 bits per heavy atom. The van der Waals surface area contributed by atoms with Crippen molar-refractivity contribution < 1.29 is 119 Å². The Kier molecular flexibility index (Phi) is 15.5. The number of carbonyl (C=O) groups is 1. The third-order valence-electron chi connectivity index (χ3n) is 11.7. The Balaban J connectivity index is 0.000000397. The summed E-state index contributed by atoms with van der Waals surface area (Å²) in [6.07, 6.45) is -53.4. The van der Waals surface area contributed by atoms with Crippen LogP contribution in [0.25, 0.3) is 10.9 Å². The number of hydrogen-bond donors (Lipinski definition) is 0. The van der Waals surface area contributed by atoms with E-state index in [0.717, 1.165) is 10.9 Å². The minimum absolute atomic E-state index is 0.0358. The lowest BCUT2D eigenvalue weighted by atomic mass is 9.12. The third-order valence-corrected chi connectivity index (χ3v) is 11.7. The molecule has 0 atom stereocenters. The minimum Gasteiger partial charge on any atom is -0.287 e. The molecule has 1 heterocycles. The molecule has 0 radical (unpaired) electrons. The van der Waals surface area contributed by atoms with Gasteiger partial charge in [-0.25, -0.2) is 4.39 Å². The van der Waals surface area contributed by atoms with Gasteiger partial charge in [-0.15, -0.1) is 0 Å². The molecule has 0 saturated carbocycles. The zero-order valence-electron chi connectivity index (χ0n) is 37.4. The molecule has 0 fully saturated rings. The molecule has 2 nitrogen and oxygen atoms in total. The van der Waals surface area contributed by atoms with Gasteiger partial charge in [0.05, 0.1) is 44.5 Å². The first-order valence-electron chi connectivity index (χ1n) is 21.0. The number of aromatic nitrogens is 1. The Morgan fingerprint density at radius 2 is 0.610 bits per heavy atom. The van der Waals surface area contributed by atoms with Gasteiger partial charge in [-0.05, 0) is 36.4 Å². The van der Waals surface area contributed by atoms with Gasteiger partial charge in [0.15, 0.2) is 5.82 Å². The predicted molar refractivity (Wildman–Crippen MR) is 225 cm³/mol. The number of ketones is 1. The Labute approximate surface area is 414 Å². The van der Waals surface area contributed by atoms with Gasteiger partial charge in [-0.1, -0.05) is 91.0 Å². The standard InChI is InChI=1S/C32H12BF24.C17H13FNO/c34-25(35,36)13-1-14(26(37,38)39)6-21(5-13)33(22-7-15(27(40,41)42)2-16(8-22)28(43,44)45,23-9-17(29(46,47)48)3-18(10-23)30(49,50)51)24-11-19(31(52,53)54)4-20(12-24)32(55,56)57;18-15-10-14-8-4-5-9-16(14)19(11-15)12-17(20)13-6-2-1-3-7-13/h1-12H;1-11H,12H2/q-1;+1. The molecule has 0 aliphatic rings. The quantitative estimate of drug-likeness (QED) is 0.0674. The van der Waals surface area contributed by atoms with Gasteiger partial charge in [0.25, 0.3) is 0 Å². The molecular weight excluding hydrogens is 1100 g/mol. The molecule has 77 heavy (non-hydrogen) atoms. The van der Waals surface area contributed by atoms with E-state index >= 15 is 0 Å². The first kappa shape index (κ1) is 59.0. The minimum atomic E-state index is -6.13. The van der Waals surface area contributed by atoms with Gasteiger partial charge in [0.2, 0.25) is 24.0 Å². The average molecular weight is 1130 g/mol. The lowest BCUT2D eigenvalue weighted by molar-refractivity contribution is -0.658. The fourth-order valence-corrected chi connectivity index (χ4v) is 8.35. The summed E-state index contributed by atoms with van der Waals surface area (Å²) in [6, 6.07) is 9.15. The Hall–Kier alpha value is -7.29. The van der Waals surface area contributed by atoms with E-state index in [1.165, 1.54) is 12.3 Å². The highest BCUT2D eigenvalue weighted by atomic mass is 19.4. The monoisotopic (exact) mass is 1130 g/mol. The summed E-state index contributed by atoms with van der Waals surface area (Å²) in [4.78, 5) is 12.2. The lowest BCUT2D eigenvalue weighted by Gasteiger charge is -2.46. The van der Waals surface area contributed by atoms with Gasteiger partial charge in [-0.2, -0.15) is 132 Å². The van der Waals surface area contributed by atoms with Crippen LogP contribution in [0.2, 0.25) is 0 Å². The van der Waals surface area contributed by atoms with Crippen LogP contribution in [0.4, 0.5) is 110 Å². The summed E-state index contributed by atoms with van der Waals surface area (Å²) in [5, 5.41) is 0.786. The summed E-state index contributed by atoms with van der Waals surface area (Å²) >= 11 is 0. The first-order valence-corrected chi connectivity index (χ1v) is 21.0. The van der Waals surface area contributed by atoms with Crippen LogP contribution in [0.1, 0.15) is 54.9 Å². The predicted octanol–water partition coefficient (Wildman–Crippen LogP) is 14.4. The van der Waals surface area contributed by atoms with E-state index in [4.69, 9.17) is 0 Å². The molecule has 0 unspecified atom stereocenters. The van der Waals surface area contributed by atoms with Crippen molar-refractivity contribution in [1.82, 2.24) is 0 Å². The summed E-state index contributed by atoms with van der Waals surface area (Å²) in [5.41, 5.74) is -28.7. The Morgan fingerprint density at radius 1 is 0.351 bits per heavy atom. The molecule has 0 amide bonds. The van der Waals surface area contributed by atoms with Crippen molar-refractivity contribution in [3.63, 3.8) is 0 Å². The smallest absolute Gasteiger partial charge is 0.287 e. The number of halogens is 25. The van der Waals surface area contributed by atoms with Gasteiger partial charge in [0, 0.05) is 17.0 Å². The number of benzene rings is 6. The van der Waals surface area contributed by atoms with E-state index in [2.05, 4.69) is 0 Å². The lowest BCUT2D eigenvalue weighted by Crippen LogP contribution is -2.75. The number of alkyl halides is 24. The second-order valence-corrected chi connectivity index (χ2v) is 16.9. The van der Waals surface area contributed by atoms with E-state index in [1.807, 2.05) is 42.5 Å². The number of nitrogens with zero attached hydrogens (tertiary/aromatic N) is 1. The summed E-state index contributed by atoms with van der Waals surface area (Å²) in [7, 11) is 0. The van der Waals surface area contributed by atoms with Gasteiger partial charge in [0.1, 0.15) is 6.15 Å². The van der Waals surface area contributed by atoms with E-state index in [0.29, 0.717) is 5.56 Å². The third kappa shape index (κ3) is 13.3. The van der Waals surface area contributed by atoms with Gasteiger partial charge >= 0.3 is 49.4 Å². The van der Waals surface area contributed by atoms with Crippen molar-refractivity contribution in [2.45, 2.75) is 56.0 Å². The maximum absolute atomic E-state index is 14.2. The second kappa shape index (κ2) is 20.3. The number of fused-ring (bicyclic) bond motifs is 1. The molecule has 28 heteroatoms. The van der Waals surface area contributed by atoms with Crippen molar-refractivity contribution >= 4 is 44.7 Å². The van der Waals surface area contributed by atoms with Crippen LogP contribution in [-0.2, 0) is 56.0 Å². The van der Waals surface area contributed by atoms with Gasteiger partial charge < -0.3 is 0 Å². The van der Waals surface area contributed by atoms with E-state index < -0.39 is 195 Å². The molecule has 0 spiro atoms. The molecule has 6 aromatic carbocycles. The summed E-state index contributed by atoms with van der Waals surface area (Å²) < 4.78 is 356. The van der Waals surface area contributed by atoms with Crippen LogP contribution < -0.4 is 26.4 Å². The number of rotatable bonds is 7. The number of Topliss-reactive ketones (excluding diaryl/α,β-unsaturated/α-hetero) is 1. The van der Waals surface area contributed by atoms with Crippen LogP contribution in [0.15, 0.2) is 140 Å². The van der Waals surface area contributed by atoms with Crippen LogP contribution in [0.3, 0.4) is 0 Å². The highest BCUT2D eigenvalue weighted by Crippen LogP contribution is 2.41. The highest BCUT2D eigenvalue weighted by molar-refractivity contribution is 7.20. The maximum atomic E-state index is 14.2. The molecule has 0 aliphatic heterocycles. The largest absolute Gasteiger partial charge is 0.416 e. The first-order chi connectivity index (χ1) is 35.0. The molecular formula is C49H25BF25NO. The fourth-order valence-electron chi connectivity index (χ4n) is 8.35. The van der Waals surface area contributed by atoms with Crippen LogP contribution >= 0.6 is 0 Å². The fraction of sp³-hybridized carbons (Fsp3) is 0.184. The molecule has 1 aromatic heterocycles. The molecule has 7 rings (SSSR count). The number of para-hydroxylation sites is 1. The molecule has 410 valence electrons. The molecule has 0 aliphatic carbocycles. The molecule has 0 bridgehead atoms. The number of pyridine rings is 1. The summed E-state index contributed by atoms with van der Waals surface area (Å²) in [5.74, 6) is -0.379. The van der Waals surface area contributed by atoms with Crippen molar-refractivity contribution in [2.75, 3.05) is 0 Å². The highest BCUT2D eigenvalue weighted by Gasteiger charge is 2.47.